The fraction of sp³-hybridized carbons (Fsp3) is 0.500. The molecule has 23 heavy (non-hydrogen) atoms. The van der Waals surface area contributed by atoms with Gasteiger partial charge in [0.1, 0.15) is 11.8 Å². The number of alkyl halides is 2. The first-order valence-corrected chi connectivity index (χ1v) is 7.24. The molecular weight excluding hydrogens is 308 g/mol. The second-order valence-electron chi connectivity index (χ2n) is 5.33. The van der Waals surface area contributed by atoms with E-state index in [1.54, 1.807) is 12.1 Å². The number of carbonyl (C=O) groups excluding carboxylic acids is 2. The largest absolute Gasteiger partial charge is 0.467 e. The quantitative estimate of drug-likeness (QED) is 0.745. The van der Waals surface area contributed by atoms with Gasteiger partial charge in [-0.1, -0.05) is 26.0 Å². The molecule has 1 aromatic rings. The lowest BCUT2D eigenvalue weighted by Gasteiger charge is -2.19. The van der Waals surface area contributed by atoms with Crippen LogP contribution < -0.4 is 10.1 Å². The fourth-order valence-electron chi connectivity index (χ4n) is 1.97. The predicted molar refractivity (Wildman–Crippen MR) is 80.2 cm³/mol. The van der Waals surface area contributed by atoms with E-state index in [9.17, 15) is 18.4 Å². The van der Waals surface area contributed by atoms with Crippen LogP contribution in [0.5, 0.6) is 5.75 Å². The third kappa shape index (κ3) is 6.63. The van der Waals surface area contributed by atoms with Crippen molar-refractivity contribution in [1.82, 2.24) is 5.32 Å². The molecule has 7 heteroatoms. The summed E-state index contributed by atoms with van der Waals surface area (Å²) < 4.78 is 33.0. The number of amides is 1. The van der Waals surface area contributed by atoms with E-state index in [2.05, 4.69) is 14.8 Å². The summed E-state index contributed by atoms with van der Waals surface area (Å²) >= 11 is 0. The molecule has 0 saturated heterocycles. The van der Waals surface area contributed by atoms with Crippen molar-refractivity contribution in [3.05, 3.63) is 29.8 Å². The van der Waals surface area contributed by atoms with Gasteiger partial charge < -0.3 is 14.8 Å². The molecule has 1 unspecified atom stereocenters. The lowest BCUT2D eigenvalue weighted by Crippen LogP contribution is -2.45. The van der Waals surface area contributed by atoms with Crippen LogP contribution in [0.3, 0.4) is 0 Å². The Labute approximate surface area is 134 Å². The van der Waals surface area contributed by atoms with E-state index < -0.39 is 18.6 Å². The van der Waals surface area contributed by atoms with E-state index in [4.69, 9.17) is 0 Å². The normalized spacial score (nSPS) is 12.1. The second-order valence-corrected chi connectivity index (χ2v) is 5.33. The standard InChI is InChI=1S/C16H21F2NO4/c1-10(2)14(15(21)22-3)19-13(20)9-6-11-4-7-12(8-5-11)23-16(17)18/h4-5,7-8,10,14,16H,6,9H2,1-3H3,(H,19,20). The van der Waals surface area contributed by atoms with Gasteiger partial charge in [-0.05, 0) is 30.0 Å². The molecule has 1 rings (SSSR count). The molecule has 0 fully saturated rings. The zero-order valence-electron chi connectivity index (χ0n) is 13.3. The zero-order chi connectivity index (χ0) is 17.4. The van der Waals surface area contributed by atoms with Gasteiger partial charge in [-0.2, -0.15) is 8.78 Å². The van der Waals surface area contributed by atoms with Crippen LogP contribution in [0.1, 0.15) is 25.8 Å². The maximum absolute atomic E-state index is 12.0. The molecule has 1 amide bonds. The van der Waals surface area contributed by atoms with Gasteiger partial charge in [0.15, 0.2) is 0 Å². The molecule has 0 aliphatic rings. The smallest absolute Gasteiger partial charge is 0.387 e. The third-order valence-electron chi connectivity index (χ3n) is 3.23. The Balaban J connectivity index is 2.50. The van der Waals surface area contributed by atoms with Gasteiger partial charge in [-0.15, -0.1) is 0 Å². The van der Waals surface area contributed by atoms with Crippen LogP contribution in [0.2, 0.25) is 0 Å². The predicted octanol–water partition coefficient (Wildman–Crippen LogP) is 2.53. The number of halogens is 2. The number of aryl methyl sites for hydroxylation is 1. The number of esters is 1. The van der Waals surface area contributed by atoms with Crippen LogP contribution in [0.4, 0.5) is 8.78 Å². The number of methoxy groups -OCH3 is 1. The van der Waals surface area contributed by atoms with E-state index in [1.165, 1.54) is 19.2 Å². The first kappa shape index (κ1) is 18.9. The molecule has 0 aromatic heterocycles. The van der Waals surface area contributed by atoms with E-state index in [0.29, 0.717) is 6.42 Å². The van der Waals surface area contributed by atoms with Gasteiger partial charge in [0.25, 0.3) is 0 Å². The minimum Gasteiger partial charge on any atom is -0.467 e. The molecule has 0 bridgehead atoms. The van der Waals surface area contributed by atoms with Crippen LogP contribution >= 0.6 is 0 Å². The molecule has 128 valence electrons. The number of hydrogen-bond acceptors (Lipinski definition) is 4. The topological polar surface area (TPSA) is 64.6 Å². The number of carbonyl (C=O) groups is 2. The SMILES string of the molecule is COC(=O)C(NC(=O)CCc1ccc(OC(F)F)cc1)C(C)C. The van der Waals surface area contributed by atoms with Crippen molar-refractivity contribution in [2.45, 2.75) is 39.3 Å². The van der Waals surface area contributed by atoms with Crippen molar-refractivity contribution in [3.63, 3.8) is 0 Å². The Kier molecular flexibility index (Phi) is 7.44. The Morgan fingerprint density at radius 3 is 2.26 bits per heavy atom. The average Bonchev–Trinajstić information content (AvgIpc) is 2.50. The van der Waals surface area contributed by atoms with Crippen molar-refractivity contribution >= 4 is 11.9 Å². The minimum absolute atomic E-state index is 0.0683. The maximum atomic E-state index is 12.0. The molecule has 0 radical (unpaired) electrons. The van der Waals surface area contributed by atoms with Gasteiger partial charge >= 0.3 is 12.6 Å². The van der Waals surface area contributed by atoms with Crippen LogP contribution in [0.25, 0.3) is 0 Å². The molecule has 0 aliphatic heterocycles. The highest BCUT2D eigenvalue weighted by Crippen LogP contribution is 2.16. The highest BCUT2D eigenvalue weighted by Gasteiger charge is 2.24. The van der Waals surface area contributed by atoms with E-state index >= 15 is 0 Å². The van der Waals surface area contributed by atoms with E-state index in [-0.39, 0.29) is 24.0 Å². The number of benzene rings is 1. The van der Waals surface area contributed by atoms with Crippen LogP contribution in [0.15, 0.2) is 24.3 Å². The number of ether oxygens (including phenoxy) is 2. The molecular formula is C16H21F2NO4. The first-order chi connectivity index (χ1) is 10.8. The minimum atomic E-state index is -2.86. The lowest BCUT2D eigenvalue weighted by atomic mass is 10.0. The van der Waals surface area contributed by atoms with Crippen LogP contribution in [-0.2, 0) is 20.7 Å². The summed E-state index contributed by atoms with van der Waals surface area (Å²) in [6.07, 6.45) is 0.599. The summed E-state index contributed by atoms with van der Waals surface area (Å²) in [5, 5.41) is 2.64. The summed E-state index contributed by atoms with van der Waals surface area (Å²) in [4.78, 5) is 23.5. The van der Waals surface area contributed by atoms with Crippen molar-refractivity contribution in [2.75, 3.05) is 7.11 Å². The van der Waals surface area contributed by atoms with E-state index in [0.717, 1.165) is 5.56 Å². The summed E-state index contributed by atoms with van der Waals surface area (Å²) in [5.41, 5.74) is 0.806. The molecule has 0 spiro atoms. The lowest BCUT2D eigenvalue weighted by molar-refractivity contribution is -0.146. The highest BCUT2D eigenvalue weighted by molar-refractivity contribution is 5.84. The molecule has 5 nitrogen and oxygen atoms in total. The van der Waals surface area contributed by atoms with Crippen LogP contribution in [0, 0.1) is 5.92 Å². The monoisotopic (exact) mass is 329 g/mol. The highest BCUT2D eigenvalue weighted by atomic mass is 19.3. The van der Waals surface area contributed by atoms with Crippen molar-refractivity contribution < 1.29 is 27.8 Å². The molecule has 0 aliphatic carbocycles. The molecule has 1 aromatic carbocycles. The summed E-state index contributed by atoms with van der Waals surface area (Å²) in [7, 11) is 1.27. The Bertz CT molecular complexity index is 517. The molecule has 0 heterocycles. The summed E-state index contributed by atoms with van der Waals surface area (Å²) in [6.45, 7) is 0.755. The van der Waals surface area contributed by atoms with Crippen LogP contribution in [-0.4, -0.2) is 31.6 Å². The Hall–Kier alpha value is -2.18. The van der Waals surface area contributed by atoms with Crippen molar-refractivity contribution in [2.24, 2.45) is 5.92 Å². The fourth-order valence-corrected chi connectivity index (χ4v) is 1.97. The zero-order valence-corrected chi connectivity index (χ0v) is 13.3. The number of nitrogens with one attached hydrogen (secondary N) is 1. The number of hydrogen-bond donors (Lipinski definition) is 1. The van der Waals surface area contributed by atoms with Gasteiger partial charge in [0, 0.05) is 6.42 Å². The third-order valence-corrected chi connectivity index (χ3v) is 3.23. The molecule has 1 atom stereocenters. The van der Waals surface area contributed by atoms with Crippen molar-refractivity contribution in [1.29, 1.82) is 0 Å². The maximum Gasteiger partial charge on any atom is 0.387 e. The Morgan fingerprint density at radius 2 is 1.78 bits per heavy atom. The molecule has 0 saturated carbocycles. The van der Waals surface area contributed by atoms with E-state index in [1.807, 2.05) is 13.8 Å². The van der Waals surface area contributed by atoms with Gasteiger partial charge in [-0.25, -0.2) is 4.79 Å². The van der Waals surface area contributed by atoms with Crippen molar-refractivity contribution in [3.8, 4) is 5.75 Å². The average molecular weight is 329 g/mol. The summed E-state index contributed by atoms with van der Waals surface area (Å²) in [5.74, 6) is -0.778. The summed E-state index contributed by atoms with van der Waals surface area (Å²) in [6, 6.07) is 5.39. The Morgan fingerprint density at radius 1 is 1.17 bits per heavy atom. The second kappa shape index (κ2) is 9.07. The van der Waals surface area contributed by atoms with Gasteiger partial charge in [-0.3, -0.25) is 4.79 Å². The molecule has 1 N–H and O–H groups in total. The number of rotatable bonds is 8. The first-order valence-electron chi connectivity index (χ1n) is 7.24. The van der Waals surface area contributed by atoms with Gasteiger partial charge in [0.2, 0.25) is 5.91 Å². The van der Waals surface area contributed by atoms with Gasteiger partial charge in [0.05, 0.1) is 7.11 Å².